The Balaban J connectivity index is 1.67. The molecule has 1 saturated heterocycles. The Morgan fingerprint density at radius 3 is 2.85 bits per heavy atom. The smallest absolute Gasteiger partial charge is 0.332 e. The number of anilines is 1. The molecule has 0 amide bonds. The van der Waals surface area contributed by atoms with Gasteiger partial charge in [-0.1, -0.05) is 5.92 Å². The average molecular weight is 465 g/mol. The minimum atomic E-state index is -0.516. The van der Waals surface area contributed by atoms with Crippen LogP contribution in [0.1, 0.15) is 25.6 Å². The summed E-state index contributed by atoms with van der Waals surface area (Å²) in [6.07, 6.45) is 1.85. The van der Waals surface area contributed by atoms with Crippen LogP contribution in [0.15, 0.2) is 27.8 Å². The number of nitrogens with one attached hydrogen (secondary N) is 1. The summed E-state index contributed by atoms with van der Waals surface area (Å²) in [4.78, 5) is 40.9. The van der Waals surface area contributed by atoms with E-state index in [1.165, 1.54) is 16.7 Å². The van der Waals surface area contributed by atoms with Gasteiger partial charge in [-0.3, -0.25) is 18.5 Å². The zero-order valence-electron chi connectivity index (χ0n) is 19.0. The van der Waals surface area contributed by atoms with E-state index in [0.717, 1.165) is 24.0 Å². The maximum Gasteiger partial charge on any atom is 0.332 e. The van der Waals surface area contributed by atoms with Crippen molar-refractivity contribution in [3.8, 4) is 11.8 Å². The van der Waals surface area contributed by atoms with Crippen LogP contribution >= 0.6 is 0 Å². The molecule has 0 bridgehead atoms. The minimum absolute atomic E-state index is 0.0117. The van der Waals surface area contributed by atoms with Crippen LogP contribution in [0.3, 0.4) is 0 Å². The summed E-state index contributed by atoms with van der Waals surface area (Å²) in [7, 11) is 1.59. The number of nitrogens with two attached hydrogens (primary N) is 1. The SMILES string of the molecule is CC#CCn1c(N2CCC[C@@H](N)C2)nc2c1c(=O)n(Cc1nc3ccc(F)cc3[nH]1)c(=O)n2C. The summed E-state index contributed by atoms with van der Waals surface area (Å²) in [6.45, 7) is 3.26. The second-order valence-electron chi connectivity index (χ2n) is 8.52. The Morgan fingerprint density at radius 1 is 1.26 bits per heavy atom. The highest BCUT2D eigenvalue weighted by atomic mass is 19.1. The van der Waals surface area contributed by atoms with Crippen LogP contribution in [0, 0.1) is 17.7 Å². The lowest BCUT2D eigenvalue weighted by Gasteiger charge is -2.31. The number of hydrogen-bond acceptors (Lipinski definition) is 6. The third-order valence-electron chi connectivity index (χ3n) is 6.17. The molecule has 3 aromatic heterocycles. The number of nitrogens with zero attached hydrogens (tertiary/aromatic N) is 6. The number of halogens is 1. The monoisotopic (exact) mass is 464 g/mol. The lowest BCUT2D eigenvalue weighted by molar-refractivity contribution is 0.496. The maximum absolute atomic E-state index is 13.6. The molecule has 4 heterocycles. The highest BCUT2D eigenvalue weighted by molar-refractivity contribution is 5.76. The number of H-pyrrole nitrogens is 1. The second-order valence-corrected chi connectivity index (χ2v) is 8.52. The van der Waals surface area contributed by atoms with E-state index in [0.29, 0.717) is 40.5 Å². The zero-order chi connectivity index (χ0) is 24.0. The van der Waals surface area contributed by atoms with Crippen LogP contribution in [0.25, 0.3) is 22.2 Å². The second kappa shape index (κ2) is 8.46. The van der Waals surface area contributed by atoms with Crippen LogP contribution in [0.5, 0.6) is 0 Å². The molecule has 0 aliphatic carbocycles. The highest BCUT2D eigenvalue weighted by Crippen LogP contribution is 2.23. The predicted octanol–water partition coefficient (Wildman–Crippen LogP) is 0.911. The van der Waals surface area contributed by atoms with Gasteiger partial charge in [-0.2, -0.15) is 4.98 Å². The van der Waals surface area contributed by atoms with E-state index in [1.807, 2.05) is 4.90 Å². The average Bonchev–Trinajstić information content (AvgIpc) is 3.40. The molecule has 176 valence electrons. The van der Waals surface area contributed by atoms with E-state index < -0.39 is 17.1 Å². The lowest BCUT2D eigenvalue weighted by Crippen LogP contribution is -2.44. The van der Waals surface area contributed by atoms with Gasteiger partial charge in [-0.05, 0) is 38.0 Å². The first-order valence-corrected chi connectivity index (χ1v) is 11.1. The first kappa shape index (κ1) is 21.9. The number of piperidine rings is 1. The van der Waals surface area contributed by atoms with Crippen molar-refractivity contribution in [1.82, 2.24) is 28.7 Å². The molecule has 0 saturated carbocycles. The molecule has 1 aromatic carbocycles. The molecule has 0 radical (unpaired) electrons. The summed E-state index contributed by atoms with van der Waals surface area (Å²) in [6, 6.07) is 4.19. The van der Waals surface area contributed by atoms with Gasteiger partial charge in [-0.15, -0.1) is 5.92 Å². The van der Waals surface area contributed by atoms with Gasteiger partial charge in [0, 0.05) is 26.2 Å². The Hall–Kier alpha value is -3.91. The van der Waals surface area contributed by atoms with Gasteiger partial charge in [0.05, 0.1) is 24.1 Å². The van der Waals surface area contributed by atoms with E-state index in [4.69, 9.17) is 5.73 Å². The molecular weight excluding hydrogens is 439 g/mol. The van der Waals surface area contributed by atoms with Crippen molar-refractivity contribution in [2.45, 2.75) is 38.9 Å². The fourth-order valence-electron chi connectivity index (χ4n) is 4.50. The number of imidazole rings is 2. The molecule has 11 heteroatoms. The van der Waals surface area contributed by atoms with Gasteiger partial charge in [0.25, 0.3) is 5.56 Å². The fourth-order valence-corrected chi connectivity index (χ4v) is 4.50. The van der Waals surface area contributed by atoms with Crippen LogP contribution < -0.4 is 21.9 Å². The summed E-state index contributed by atoms with van der Waals surface area (Å²) in [5, 5.41) is 0. The van der Waals surface area contributed by atoms with Crippen LogP contribution in [0.4, 0.5) is 10.3 Å². The normalized spacial score (nSPS) is 16.2. The van der Waals surface area contributed by atoms with Gasteiger partial charge in [0.15, 0.2) is 11.2 Å². The number of aromatic nitrogens is 6. The maximum atomic E-state index is 13.6. The van der Waals surface area contributed by atoms with E-state index in [-0.39, 0.29) is 19.1 Å². The lowest BCUT2D eigenvalue weighted by atomic mass is 10.1. The van der Waals surface area contributed by atoms with Crippen molar-refractivity contribution >= 4 is 28.1 Å². The van der Waals surface area contributed by atoms with E-state index in [1.54, 1.807) is 24.6 Å². The fraction of sp³-hybridized carbons (Fsp3) is 0.391. The van der Waals surface area contributed by atoms with Crippen molar-refractivity contribution in [2.75, 3.05) is 18.0 Å². The number of aryl methyl sites for hydroxylation is 1. The molecular formula is C23H25FN8O2. The van der Waals surface area contributed by atoms with E-state index >= 15 is 0 Å². The number of rotatable bonds is 4. The van der Waals surface area contributed by atoms with E-state index in [2.05, 4.69) is 26.8 Å². The Labute approximate surface area is 193 Å². The molecule has 10 nitrogen and oxygen atoms in total. The Morgan fingerprint density at radius 2 is 2.09 bits per heavy atom. The standard InChI is InChI=1S/C23H25FN8O2/c1-3-4-10-31-19-20(28-22(31)30-9-5-6-15(25)12-30)29(2)23(34)32(21(19)33)13-18-26-16-8-7-14(24)11-17(16)27-18/h7-8,11,15H,5-6,9-10,12-13,25H2,1-2H3,(H,26,27)/t15-/m1/s1. The quantitative estimate of drug-likeness (QED) is 0.433. The molecule has 5 rings (SSSR count). The first-order valence-electron chi connectivity index (χ1n) is 11.1. The van der Waals surface area contributed by atoms with Crippen LogP contribution in [-0.2, 0) is 20.1 Å². The number of fused-ring (bicyclic) bond motifs is 2. The van der Waals surface area contributed by atoms with Crippen molar-refractivity contribution in [3.63, 3.8) is 0 Å². The van der Waals surface area contributed by atoms with E-state index in [9.17, 15) is 14.0 Å². The Bertz CT molecular complexity index is 1580. The Kier molecular flexibility index (Phi) is 5.45. The summed E-state index contributed by atoms with van der Waals surface area (Å²) >= 11 is 0. The van der Waals surface area contributed by atoms with Gasteiger partial charge in [-0.25, -0.2) is 14.2 Å². The molecule has 1 aliphatic heterocycles. The van der Waals surface area contributed by atoms with Crippen molar-refractivity contribution < 1.29 is 4.39 Å². The number of aromatic amines is 1. The third kappa shape index (κ3) is 3.66. The number of benzene rings is 1. The molecule has 34 heavy (non-hydrogen) atoms. The molecule has 4 aromatic rings. The van der Waals surface area contributed by atoms with Crippen LogP contribution in [-0.4, -0.2) is 47.8 Å². The van der Waals surface area contributed by atoms with Crippen molar-refractivity contribution in [3.05, 3.63) is 50.7 Å². The largest absolute Gasteiger partial charge is 0.341 e. The predicted molar refractivity (Wildman–Crippen MR) is 127 cm³/mol. The van der Waals surface area contributed by atoms with Gasteiger partial charge >= 0.3 is 5.69 Å². The van der Waals surface area contributed by atoms with Gasteiger partial charge < -0.3 is 15.6 Å². The molecule has 1 atom stereocenters. The first-order chi connectivity index (χ1) is 16.4. The van der Waals surface area contributed by atoms with Crippen molar-refractivity contribution in [2.24, 2.45) is 12.8 Å². The minimum Gasteiger partial charge on any atom is -0.341 e. The highest BCUT2D eigenvalue weighted by Gasteiger charge is 2.26. The number of hydrogen-bond donors (Lipinski definition) is 2. The third-order valence-corrected chi connectivity index (χ3v) is 6.17. The van der Waals surface area contributed by atoms with Gasteiger partial charge in [0.1, 0.15) is 11.6 Å². The molecule has 1 fully saturated rings. The summed E-state index contributed by atoms with van der Waals surface area (Å²) < 4.78 is 17.8. The zero-order valence-corrected chi connectivity index (χ0v) is 19.0. The molecule has 0 unspecified atom stereocenters. The van der Waals surface area contributed by atoms with Crippen molar-refractivity contribution in [1.29, 1.82) is 0 Å². The van der Waals surface area contributed by atoms with Gasteiger partial charge in [0.2, 0.25) is 5.95 Å². The summed E-state index contributed by atoms with van der Waals surface area (Å²) in [5.74, 6) is 6.43. The molecule has 0 spiro atoms. The summed E-state index contributed by atoms with van der Waals surface area (Å²) in [5.41, 5.74) is 6.81. The van der Waals surface area contributed by atoms with Crippen LogP contribution in [0.2, 0.25) is 0 Å². The molecule has 3 N–H and O–H groups in total. The topological polar surface area (TPSA) is 120 Å². The molecule has 1 aliphatic rings.